The number of hydrazine groups is 1. The minimum Gasteiger partial charge on any atom is -0.493 e. The number of hydrogen-bond donors (Lipinski definition) is 2. The summed E-state index contributed by atoms with van der Waals surface area (Å²) in [5.74, 6) is -1.23. The van der Waals surface area contributed by atoms with Crippen LogP contribution in [-0.2, 0) is 4.79 Å². The Morgan fingerprint density at radius 2 is 1.57 bits per heavy atom. The molecule has 0 aliphatic rings. The van der Waals surface area contributed by atoms with Crippen molar-refractivity contribution in [1.29, 1.82) is 0 Å². The van der Waals surface area contributed by atoms with E-state index >= 15 is 0 Å². The maximum Gasteiger partial charge on any atom is 0.279 e. The molecule has 0 unspecified atom stereocenters. The van der Waals surface area contributed by atoms with E-state index in [9.17, 15) is 14.0 Å². The highest BCUT2D eigenvalue weighted by molar-refractivity contribution is 5.99. The molecule has 0 spiro atoms. The van der Waals surface area contributed by atoms with Crippen molar-refractivity contribution in [2.75, 3.05) is 21.3 Å². The molecule has 1 atom stereocenters. The topological polar surface area (TPSA) is 95.1 Å². The first-order valence-electron chi connectivity index (χ1n) is 8.23. The number of carbonyl (C=O) groups is 2. The Kier molecular flexibility index (Phi) is 7.02. The van der Waals surface area contributed by atoms with Gasteiger partial charge in [-0.25, -0.2) is 4.39 Å². The van der Waals surface area contributed by atoms with Crippen LogP contribution in [0.5, 0.6) is 23.0 Å². The zero-order chi connectivity index (χ0) is 20.7. The van der Waals surface area contributed by atoms with Crippen LogP contribution < -0.4 is 29.8 Å². The van der Waals surface area contributed by atoms with Gasteiger partial charge in [-0.1, -0.05) is 12.1 Å². The SMILES string of the molecule is COc1ccc(C(=O)NNC(=O)[C@@H](C)Oc2ccccc2F)c(OC)c1OC. The number of hydrogen-bond acceptors (Lipinski definition) is 6. The van der Waals surface area contributed by atoms with Gasteiger partial charge in [-0.05, 0) is 31.2 Å². The number of nitrogens with one attached hydrogen (secondary N) is 2. The molecular weight excluding hydrogens is 371 g/mol. The quantitative estimate of drug-likeness (QED) is 0.701. The lowest BCUT2D eigenvalue weighted by atomic mass is 10.1. The molecule has 28 heavy (non-hydrogen) atoms. The molecule has 2 aromatic carbocycles. The fourth-order valence-corrected chi connectivity index (χ4v) is 2.35. The summed E-state index contributed by atoms with van der Waals surface area (Å²) in [4.78, 5) is 24.6. The molecule has 2 N–H and O–H groups in total. The van der Waals surface area contributed by atoms with Gasteiger partial charge in [0.1, 0.15) is 0 Å². The predicted octanol–water partition coefficient (Wildman–Crippen LogP) is 2.08. The molecule has 150 valence electrons. The van der Waals surface area contributed by atoms with E-state index < -0.39 is 23.7 Å². The van der Waals surface area contributed by atoms with E-state index in [1.807, 2.05) is 0 Å². The summed E-state index contributed by atoms with van der Waals surface area (Å²) in [6, 6.07) is 8.68. The highest BCUT2D eigenvalue weighted by Gasteiger charge is 2.22. The maximum absolute atomic E-state index is 13.6. The summed E-state index contributed by atoms with van der Waals surface area (Å²) in [5, 5.41) is 0. The number of rotatable bonds is 7. The fraction of sp³-hybridized carbons (Fsp3) is 0.263. The fourth-order valence-electron chi connectivity index (χ4n) is 2.35. The number of para-hydroxylation sites is 1. The number of ether oxygens (including phenoxy) is 4. The Morgan fingerprint density at radius 1 is 0.893 bits per heavy atom. The Morgan fingerprint density at radius 3 is 2.18 bits per heavy atom. The third kappa shape index (κ3) is 4.61. The third-order valence-electron chi connectivity index (χ3n) is 3.76. The van der Waals surface area contributed by atoms with Crippen molar-refractivity contribution in [2.24, 2.45) is 0 Å². The van der Waals surface area contributed by atoms with Crippen LogP contribution in [0.4, 0.5) is 4.39 Å². The van der Waals surface area contributed by atoms with Gasteiger partial charge in [0, 0.05) is 0 Å². The average molecular weight is 392 g/mol. The van der Waals surface area contributed by atoms with Crippen molar-refractivity contribution >= 4 is 11.8 Å². The largest absolute Gasteiger partial charge is 0.493 e. The van der Waals surface area contributed by atoms with Gasteiger partial charge in [0.15, 0.2) is 29.2 Å². The van der Waals surface area contributed by atoms with Gasteiger partial charge in [0.05, 0.1) is 26.9 Å². The van der Waals surface area contributed by atoms with E-state index in [-0.39, 0.29) is 22.8 Å². The van der Waals surface area contributed by atoms with Crippen LogP contribution in [0.25, 0.3) is 0 Å². The van der Waals surface area contributed by atoms with E-state index in [4.69, 9.17) is 18.9 Å². The molecule has 0 heterocycles. The lowest BCUT2D eigenvalue weighted by Crippen LogP contribution is -2.47. The van der Waals surface area contributed by atoms with Crippen molar-refractivity contribution in [3.63, 3.8) is 0 Å². The normalized spacial score (nSPS) is 11.2. The van der Waals surface area contributed by atoms with Gasteiger partial charge in [-0.3, -0.25) is 20.4 Å². The van der Waals surface area contributed by atoms with Gasteiger partial charge in [-0.15, -0.1) is 0 Å². The van der Waals surface area contributed by atoms with E-state index in [0.29, 0.717) is 5.75 Å². The Balaban J connectivity index is 2.05. The highest BCUT2D eigenvalue weighted by Crippen LogP contribution is 2.39. The van der Waals surface area contributed by atoms with Crippen LogP contribution in [0.1, 0.15) is 17.3 Å². The number of methoxy groups -OCH3 is 3. The lowest BCUT2D eigenvalue weighted by Gasteiger charge is -2.17. The van der Waals surface area contributed by atoms with E-state index in [2.05, 4.69) is 10.9 Å². The summed E-state index contributed by atoms with van der Waals surface area (Å²) in [5.41, 5.74) is 4.59. The van der Waals surface area contributed by atoms with Gasteiger partial charge in [0.25, 0.3) is 11.8 Å². The maximum atomic E-state index is 13.6. The second-order valence-electron chi connectivity index (χ2n) is 5.52. The van der Waals surface area contributed by atoms with Crippen molar-refractivity contribution < 1.29 is 32.9 Å². The molecule has 2 amide bonds. The molecule has 0 saturated heterocycles. The van der Waals surface area contributed by atoms with Gasteiger partial charge >= 0.3 is 0 Å². The summed E-state index contributed by atoms with van der Waals surface area (Å²) in [7, 11) is 4.23. The summed E-state index contributed by atoms with van der Waals surface area (Å²) in [6.07, 6.45) is -1.05. The Hall–Kier alpha value is -3.49. The zero-order valence-electron chi connectivity index (χ0n) is 15.9. The Labute approximate surface area is 161 Å². The molecule has 0 aromatic heterocycles. The molecule has 0 radical (unpaired) electrons. The van der Waals surface area contributed by atoms with Crippen molar-refractivity contribution in [3.8, 4) is 23.0 Å². The van der Waals surface area contributed by atoms with E-state index in [1.165, 1.54) is 58.6 Å². The second kappa shape index (κ2) is 9.45. The van der Waals surface area contributed by atoms with Crippen LogP contribution in [0.2, 0.25) is 0 Å². The zero-order valence-corrected chi connectivity index (χ0v) is 15.9. The monoisotopic (exact) mass is 392 g/mol. The lowest BCUT2D eigenvalue weighted by molar-refractivity contribution is -0.128. The van der Waals surface area contributed by atoms with Crippen LogP contribution in [-0.4, -0.2) is 39.2 Å². The number of carbonyl (C=O) groups excluding carboxylic acids is 2. The van der Waals surface area contributed by atoms with Crippen LogP contribution in [0.3, 0.4) is 0 Å². The smallest absolute Gasteiger partial charge is 0.279 e. The first kappa shape index (κ1) is 20.8. The standard InChI is InChI=1S/C19H21FN2O6/c1-11(28-14-8-6-5-7-13(14)20)18(23)21-22-19(24)12-9-10-15(25-2)17(27-4)16(12)26-3/h5-11H,1-4H3,(H,21,23)(H,22,24)/t11-/m1/s1. The summed E-state index contributed by atoms with van der Waals surface area (Å²) >= 11 is 0. The first-order chi connectivity index (χ1) is 13.4. The predicted molar refractivity (Wildman–Crippen MR) is 98.2 cm³/mol. The third-order valence-corrected chi connectivity index (χ3v) is 3.76. The van der Waals surface area contributed by atoms with Crippen LogP contribution in [0, 0.1) is 5.82 Å². The van der Waals surface area contributed by atoms with E-state index in [1.54, 1.807) is 6.07 Å². The molecule has 2 rings (SSSR count). The highest BCUT2D eigenvalue weighted by atomic mass is 19.1. The van der Waals surface area contributed by atoms with Crippen molar-refractivity contribution in [3.05, 3.63) is 47.8 Å². The molecule has 9 heteroatoms. The molecular formula is C19H21FN2O6. The number of halogens is 1. The molecule has 0 aliphatic carbocycles. The van der Waals surface area contributed by atoms with E-state index in [0.717, 1.165) is 0 Å². The first-order valence-corrected chi connectivity index (χ1v) is 8.23. The van der Waals surface area contributed by atoms with Gasteiger partial charge < -0.3 is 18.9 Å². The van der Waals surface area contributed by atoms with Crippen LogP contribution in [0.15, 0.2) is 36.4 Å². The molecule has 0 aliphatic heterocycles. The van der Waals surface area contributed by atoms with Crippen LogP contribution >= 0.6 is 0 Å². The minimum absolute atomic E-state index is 0.0713. The summed E-state index contributed by atoms with van der Waals surface area (Å²) in [6.45, 7) is 1.42. The number of amides is 2. The molecule has 0 saturated carbocycles. The van der Waals surface area contributed by atoms with Gasteiger partial charge in [0.2, 0.25) is 5.75 Å². The summed E-state index contributed by atoms with van der Waals surface area (Å²) < 4.78 is 34.5. The average Bonchev–Trinajstić information content (AvgIpc) is 2.71. The molecule has 8 nitrogen and oxygen atoms in total. The van der Waals surface area contributed by atoms with Crippen molar-refractivity contribution in [1.82, 2.24) is 10.9 Å². The molecule has 0 fully saturated rings. The van der Waals surface area contributed by atoms with Crippen molar-refractivity contribution in [2.45, 2.75) is 13.0 Å². The van der Waals surface area contributed by atoms with Gasteiger partial charge in [-0.2, -0.15) is 0 Å². The minimum atomic E-state index is -1.05. The second-order valence-corrected chi connectivity index (χ2v) is 5.52. The molecule has 0 bridgehead atoms. The number of benzene rings is 2. The molecule has 2 aromatic rings. The Bertz CT molecular complexity index is 858.